The van der Waals surface area contributed by atoms with E-state index in [4.69, 9.17) is 21.1 Å². The first-order valence-electron chi connectivity index (χ1n) is 10.1. The molecule has 2 heterocycles. The molecule has 2 aromatic carbocycles. The predicted molar refractivity (Wildman–Crippen MR) is 120 cm³/mol. The number of benzene rings is 2. The highest BCUT2D eigenvalue weighted by Gasteiger charge is 2.37. The maximum atomic E-state index is 11.4. The summed E-state index contributed by atoms with van der Waals surface area (Å²) in [5.41, 5.74) is 3.20. The van der Waals surface area contributed by atoms with Crippen LogP contribution in [0.25, 0.3) is 22.5 Å². The quantitative estimate of drug-likeness (QED) is 0.535. The Hall–Kier alpha value is -2.74. The minimum absolute atomic E-state index is 0.00810. The number of nitrogens with one attached hydrogen (secondary N) is 1. The summed E-state index contributed by atoms with van der Waals surface area (Å²) in [6.45, 7) is 0.812. The fraction of sp³-hybridized carbons (Fsp3) is 0.348. The first-order valence-corrected chi connectivity index (χ1v) is 10.5. The first kappa shape index (κ1) is 21.5. The van der Waals surface area contributed by atoms with Gasteiger partial charge < -0.3 is 24.6 Å². The van der Waals surface area contributed by atoms with Crippen molar-refractivity contribution in [3.63, 3.8) is 0 Å². The standard InChI is InChI=1S/C23H26ClN3O4/c1-27-9-8-14(18(27)12-28)21-19(30-2)11-20(31-3)22(23(21)29)17-10-16(25-26-17)13-6-4-5-7-15(13)24/h4-7,10-11,14,18,28-29H,8-9,12H2,1-3H3,(H,25,26). The molecule has 1 aromatic heterocycles. The largest absolute Gasteiger partial charge is 0.507 e. The van der Waals surface area contributed by atoms with Crippen molar-refractivity contribution in [1.29, 1.82) is 0 Å². The summed E-state index contributed by atoms with van der Waals surface area (Å²) < 4.78 is 11.2. The lowest BCUT2D eigenvalue weighted by atomic mass is 9.88. The maximum Gasteiger partial charge on any atom is 0.135 e. The number of aromatic hydroxyl groups is 1. The first-order chi connectivity index (χ1) is 15.0. The smallest absolute Gasteiger partial charge is 0.135 e. The summed E-state index contributed by atoms with van der Waals surface area (Å²) in [4.78, 5) is 2.10. The number of phenols is 1. The second-order valence-electron chi connectivity index (χ2n) is 7.69. The van der Waals surface area contributed by atoms with Crippen molar-refractivity contribution in [1.82, 2.24) is 15.1 Å². The van der Waals surface area contributed by atoms with Gasteiger partial charge in [0.25, 0.3) is 0 Å². The maximum absolute atomic E-state index is 11.4. The molecule has 1 aliphatic heterocycles. The second-order valence-corrected chi connectivity index (χ2v) is 8.10. The molecule has 1 aliphatic rings. The Morgan fingerprint density at radius 2 is 1.94 bits per heavy atom. The van der Waals surface area contributed by atoms with Gasteiger partial charge in [-0.25, -0.2) is 0 Å². The van der Waals surface area contributed by atoms with Crippen LogP contribution in [0.1, 0.15) is 17.9 Å². The second kappa shape index (κ2) is 8.78. The molecule has 7 nitrogen and oxygen atoms in total. The van der Waals surface area contributed by atoms with Gasteiger partial charge in [0.1, 0.15) is 17.2 Å². The molecule has 31 heavy (non-hydrogen) atoms. The van der Waals surface area contributed by atoms with E-state index in [0.717, 1.165) is 18.5 Å². The molecule has 1 fully saturated rings. The predicted octanol–water partition coefficient (Wildman–Crippen LogP) is 3.90. The van der Waals surface area contributed by atoms with Crippen LogP contribution in [0.5, 0.6) is 17.2 Å². The highest BCUT2D eigenvalue weighted by atomic mass is 35.5. The number of aromatic nitrogens is 2. The molecule has 164 valence electrons. The molecule has 2 atom stereocenters. The summed E-state index contributed by atoms with van der Waals surface area (Å²) >= 11 is 6.33. The fourth-order valence-electron chi connectivity index (χ4n) is 4.45. The van der Waals surface area contributed by atoms with E-state index >= 15 is 0 Å². The number of hydrogen-bond acceptors (Lipinski definition) is 6. The number of hydrogen-bond donors (Lipinski definition) is 3. The summed E-state index contributed by atoms with van der Waals surface area (Å²) in [7, 11) is 5.08. The number of methoxy groups -OCH3 is 2. The van der Waals surface area contributed by atoms with Crippen LogP contribution in [0.4, 0.5) is 0 Å². The van der Waals surface area contributed by atoms with E-state index in [2.05, 4.69) is 15.1 Å². The fourth-order valence-corrected chi connectivity index (χ4v) is 4.69. The third-order valence-corrected chi connectivity index (χ3v) is 6.41. The molecular weight excluding hydrogens is 418 g/mol. The Balaban J connectivity index is 1.86. The van der Waals surface area contributed by atoms with Crippen LogP contribution in [-0.2, 0) is 0 Å². The molecule has 0 aliphatic carbocycles. The molecule has 2 unspecified atom stereocenters. The zero-order chi connectivity index (χ0) is 22.1. The van der Waals surface area contributed by atoms with Crippen LogP contribution in [-0.4, -0.2) is 65.8 Å². The van der Waals surface area contributed by atoms with Crippen molar-refractivity contribution in [3.05, 3.63) is 47.0 Å². The van der Waals surface area contributed by atoms with Crippen LogP contribution in [0.2, 0.25) is 5.02 Å². The van der Waals surface area contributed by atoms with Crippen molar-refractivity contribution < 1.29 is 19.7 Å². The Labute approximate surface area is 186 Å². The van der Waals surface area contributed by atoms with Crippen LogP contribution < -0.4 is 9.47 Å². The topological polar surface area (TPSA) is 90.8 Å². The Kier molecular flexibility index (Phi) is 6.09. The highest BCUT2D eigenvalue weighted by Crippen LogP contribution is 2.50. The van der Waals surface area contributed by atoms with Gasteiger partial charge in [-0.05, 0) is 32.1 Å². The van der Waals surface area contributed by atoms with Crippen molar-refractivity contribution in [2.75, 3.05) is 34.4 Å². The molecule has 0 spiro atoms. The van der Waals surface area contributed by atoms with Gasteiger partial charge in [-0.2, -0.15) is 5.10 Å². The van der Waals surface area contributed by atoms with Crippen LogP contribution in [0.3, 0.4) is 0 Å². The third kappa shape index (κ3) is 3.73. The number of ether oxygens (including phenoxy) is 2. The molecule has 1 saturated heterocycles. The van der Waals surface area contributed by atoms with Crippen molar-refractivity contribution >= 4 is 11.6 Å². The zero-order valence-corrected chi connectivity index (χ0v) is 18.5. The van der Waals surface area contributed by atoms with Crippen LogP contribution >= 0.6 is 11.6 Å². The van der Waals surface area contributed by atoms with Gasteiger partial charge in [-0.15, -0.1) is 0 Å². The number of aromatic amines is 1. The van der Waals surface area contributed by atoms with Crippen molar-refractivity contribution in [2.24, 2.45) is 0 Å². The number of nitrogens with zero attached hydrogens (tertiary/aromatic N) is 2. The number of likely N-dealkylation sites (N-methyl/N-ethyl adjacent to an activating group) is 1. The molecule has 3 N–H and O–H groups in total. The number of rotatable bonds is 6. The Bertz CT molecular complexity index is 1080. The number of aliphatic hydroxyl groups is 1. The molecule has 4 rings (SSSR count). The van der Waals surface area contributed by atoms with Gasteiger partial charge in [0.2, 0.25) is 0 Å². The molecule has 0 saturated carbocycles. The van der Waals surface area contributed by atoms with Gasteiger partial charge >= 0.3 is 0 Å². The summed E-state index contributed by atoms with van der Waals surface area (Å²) in [6, 6.07) is 10.9. The summed E-state index contributed by atoms with van der Waals surface area (Å²) in [5, 5.41) is 29.4. The van der Waals surface area contributed by atoms with Crippen LogP contribution in [0.15, 0.2) is 36.4 Å². The van der Waals surface area contributed by atoms with Gasteiger partial charge in [0.15, 0.2) is 0 Å². The lowest BCUT2D eigenvalue weighted by molar-refractivity contribution is 0.171. The number of aliphatic hydroxyl groups excluding tert-OH is 1. The van der Waals surface area contributed by atoms with E-state index in [1.54, 1.807) is 26.4 Å². The SMILES string of the molecule is COc1cc(OC)c(C2CCN(C)C2CO)c(O)c1-c1cc(-c2ccccc2Cl)n[nH]1. The molecule has 0 bridgehead atoms. The summed E-state index contributed by atoms with van der Waals surface area (Å²) in [6.07, 6.45) is 0.797. The molecule has 0 radical (unpaired) electrons. The van der Waals surface area contributed by atoms with E-state index in [0.29, 0.717) is 39.0 Å². The average molecular weight is 444 g/mol. The van der Waals surface area contributed by atoms with Gasteiger partial charge in [-0.3, -0.25) is 5.10 Å². The monoisotopic (exact) mass is 443 g/mol. The number of halogens is 1. The number of H-pyrrole nitrogens is 1. The van der Waals surface area contributed by atoms with E-state index in [9.17, 15) is 10.2 Å². The Morgan fingerprint density at radius 1 is 1.19 bits per heavy atom. The van der Waals surface area contributed by atoms with Crippen LogP contribution in [0, 0.1) is 0 Å². The number of phenolic OH excluding ortho intramolecular Hbond substituents is 1. The highest BCUT2D eigenvalue weighted by molar-refractivity contribution is 6.33. The lowest BCUT2D eigenvalue weighted by Gasteiger charge is -2.26. The minimum Gasteiger partial charge on any atom is -0.507 e. The van der Waals surface area contributed by atoms with Crippen molar-refractivity contribution in [3.8, 4) is 39.8 Å². The molecule has 0 amide bonds. The van der Waals surface area contributed by atoms with Gasteiger partial charge in [-0.1, -0.05) is 29.8 Å². The normalized spacial score (nSPS) is 19.0. The Morgan fingerprint density at radius 3 is 2.61 bits per heavy atom. The molecular formula is C23H26ClN3O4. The summed E-state index contributed by atoms with van der Waals surface area (Å²) in [5.74, 6) is 0.965. The number of likely N-dealkylation sites (tertiary alicyclic amines) is 1. The van der Waals surface area contributed by atoms with E-state index < -0.39 is 0 Å². The molecule has 8 heteroatoms. The minimum atomic E-state index is -0.110. The van der Waals surface area contributed by atoms with E-state index in [1.807, 2.05) is 31.3 Å². The van der Waals surface area contributed by atoms with Gasteiger partial charge in [0, 0.05) is 29.2 Å². The van der Waals surface area contributed by atoms with E-state index in [-0.39, 0.29) is 24.3 Å². The lowest BCUT2D eigenvalue weighted by Crippen LogP contribution is -2.32. The molecule has 3 aromatic rings. The third-order valence-electron chi connectivity index (χ3n) is 6.08. The van der Waals surface area contributed by atoms with Crippen molar-refractivity contribution in [2.45, 2.75) is 18.4 Å². The average Bonchev–Trinajstić information content (AvgIpc) is 3.39. The van der Waals surface area contributed by atoms with Gasteiger partial charge in [0.05, 0.1) is 42.8 Å². The van der Waals surface area contributed by atoms with E-state index in [1.165, 1.54) is 0 Å². The zero-order valence-electron chi connectivity index (χ0n) is 17.7.